The number of amides is 2. The van der Waals surface area contributed by atoms with E-state index in [0.29, 0.717) is 34.7 Å². The Hall–Kier alpha value is -4.65. The minimum Gasteiger partial charge on any atom is -0.480 e. The van der Waals surface area contributed by atoms with E-state index in [4.69, 9.17) is 5.11 Å². The molecular formula is C27H31N9O4. The van der Waals surface area contributed by atoms with Crippen LogP contribution < -0.4 is 10.6 Å². The number of rotatable bonds is 9. The molecule has 13 nitrogen and oxygen atoms in total. The van der Waals surface area contributed by atoms with Gasteiger partial charge in [-0.1, -0.05) is 0 Å². The van der Waals surface area contributed by atoms with Crippen molar-refractivity contribution in [2.24, 2.45) is 0 Å². The number of carbonyl (C=O) groups excluding carboxylic acids is 2. The van der Waals surface area contributed by atoms with Crippen molar-refractivity contribution in [2.75, 3.05) is 25.0 Å². The number of carboxylic acid groups (broad SMARTS) is 1. The Balaban J connectivity index is 1.26. The molecule has 4 aromatic rings. The van der Waals surface area contributed by atoms with Crippen molar-refractivity contribution in [1.29, 1.82) is 0 Å². The molecule has 4 aromatic heterocycles. The van der Waals surface area contributed by atoms with Gasteiger partial charge in [0, 0.05) is 42.8 Å². The molecule has 1 aliphatic heterocycles. The van der Waals surface area contributed by atoms with Crippen molar-refractivity contribution in [1.82, 2.24) is 39.6 Å². The molecule has 0 radical (unpaired) electrons. The van der Waals surface area contributed by atoms with Crippen LogP contribution in [0.4, 0.5) is 5.69 Å². The minimum absolute atomic E-state index is 0.0607. The first-order valence-electron chi connectivity index (χ1n) is 13.0. The summed E-state index contributed by atoms with van der Waals surface area (Å²) < 4.78 is 2.86. The van der Waals surface area contributed by atoms with Crippen molar-refractivity contribution in [3.63, 3.8) is 0 Å². The number of nitrogens with one attached hydrogen (secondary N) is 2. The second-order valence-electron chi connectivity index (χ2n) is 10.5. The van der Waals surface area contributed by atoms with Gasteiger partial charge < -0.3 is 15.7 Å². The highest BCUT2D eigenvalue weighted by Crippen LogP contribution is 2.27. The summed E-state index contributed by atoms with van der Waals surface area (Å²) in [5.74, 6) is -1.69. The Morgan fingerprint density at radius 1 is 1.10 bits per heavy atom. The largest absolute Gasteiger partial charge is 0.480 e. The molecule has 1 fully saturated rings. The minimum atomic E-state index is -0.989. The monoisotopic (exact) mass is 545 g/mol. The number of nitrogens with zero attached hydrogens (tertiary/aromatic N) is 7. The summed E-state index contributed by atoms with van der Waals surface area (Å²) in [6.45, 7) is 8.26. The molecule has 2 amide bonds. The lowest BCUT2D eigenvalue weighted by atomic mass is 10.0. The number of aromatic nitrogens is 6. The maximum absolute atomic E-state index is 13.1. The summed E-state index contributed by atoms with van der Waals surface area (Å²) >= 11 is 0. The highest BCUT2D eigenvalue weighted by Gasteiger charge is 2.31. The van der Waals surface area contributed by atoms with Crippen LogP contribution in [0.25, 0.3) is 16.8 Å². The third-order valence-electron chi connectivity index (χ3n) is 7.21. The zero-order valence-electron chi connectivity index (χ0n) is 22.6. The standard InChI is InChI=1S/C27H31N9O4/c1-17-21(11-19(13-29-17)25(39)28-7-10-34-8-4-6-27(34,2)3)31-26(40)24-33-32-22-12-18(5-9-36(22)24)20-14-30-35(15-20)16-23(37)38/h5,9,11-15H,4,6-8,10,16H2,1-3H3,(H,28,39)(H,31,40)(H,37,38). The molecule has 1 aliphatic rings. The number of fused-ring (bicyclic) bond motifs is 1. The number of carbonyl (C=O) groups is 3. The molecule has 1 saturated heterocycles. The third-order valence-corrected chi connectivity index (χ3v) is 7.21. The molecule has 208 valence electrons. The maximum atomic E-state index is 13.1. The van der Waals surface area contributed by atoms with E-state index < -0.39 is 11.9 Å². The highest BCUT2D eigenvalue weighted by atomic mass is 16.4. The molecule has 0 saturated carbocycles. The molecule has 0 spiro atoms. The van der Waals surface area contributed by atoms with Gasteiger partial charge in [-0.3, -0.25) is 33.3 Å². The summed E-state index contributed by atoms with van der Waals surface area (Å²) in [6.07, 6.45) is 8.64. The fourth-order valence-corrected chi connectivity index (χ4v) is 4.91. The number of hydrogen-bond donors (Lipinski definition) is 3. The molecule has 0 aliphatic carbocycles. The Bertz CT molecular complexity index is 1590. The van der Waals surface area contributed by atoms with Gasteiger partial charge in [-0.05, 0) is 63.9 Å². The number of likely N-dealkylation sites (tertiary alicyclic amines) is 1. The van der Waals surface area contributed by atoms with Gasteiger partial charge in [-0.15, -0.1) is 10.2 Å². The lowest BCUT2D eigenvalue weighted by molar-refractivity contribution is -0.137. The average molecular weight is 546 g/mol. The normalized spacial score (nSPS) is 14.9. The Morgan fingerprint density at radius 2 is 1.93 bits per heavy atom. The van der Waals surface area contributed by atoms with Gasteiger partial charge in [0.1, 0.15) is 6.54 Å². The molecule has 3 N–H and O–H groups in total. The van der Waals surface area contributed by atoms with Crippen molar-refractivity contribution in [3.8, 4) is 11.1 Å². The van der Waals surface area contributed by atoms with Gasteiger partial charge in [0.05, 0.1) is 23.1 Å². The zero-order chi connectivity index (χ0) is 28.4. The summed E-state index contributed by atoms with van der Waals surface area (Å²) in [6, 6.07) is 5.09. The van der Waals surface area contributed by atoms with Gasteiger partial charge in [0.2, 0.25) is 5.82 Å². The van der Waals surface area contributed by atoms with Crippen molar-refractivity contribution in [3.05, 3.63) is 60.1 Å². The summed E-state index contributed by atoms with van der Waals surface area (Å²) in [7, 11) is 0. The number of carboxylic acids is 1. The molecular weight excluding hydrogens is 514 g/mol. The first-order valence-corrected chi connectivity index (χ1v) is 13.0. The highest BCUT2D eigenvalue weighted by molar-refractivity contribution is 6.03. The molecule has 5 rings (SSSR count). The van der Waals surface area contributed by atoms with Gasteiger partial charge in [0.25, 0.3) is 11.8 Å². The van der Waals surface area contributed by atoms with Crippen LogP contribution in [0.15, 0.2) is 43.0 Å². The quantitative estimate of drug-likeness (QED) is 0.287. The molecule has 0 atom stereocenters. The predicted molar refractivity (Wildman–Crippen MR) is 146 cm³/mol. The average Bonchev–Trinajstić information content (AvgIpc) is 3.63. The Morgan fingerprint density at radius 3 is 2.67 bits per heavy atom. The number of pyridine rings is 2. The van der Waals surface area contributed by atoms with E-state index in [9.17, 15) is 14.4 Å². The van der Waals surface area contributed by atoms with E-state index in [1.807, 2.05) is 0 Å². The predicted octanol–water partition coefficient (Wildman–Crippen LogP) is 2.24. The molecule has 5 heterocycles. The lowest BCUT2D eigenvalue weighted by Crippen LogP contribution is -2.43. The van der Waals surface area contributed by atoms with Gasteiger partial charge in [-0.25, -0.2) is 0 Å². The van der Waals surface area contributed by atoms with Crippen LogP contribution in [0, 0.1) is 6.92 Å². The van der Waals surface area contributed by atoms with Crippen LogP contribution in [0.5, 0.6) is 0 Å². The summed E-state index contributed by atoms with van der Waals surface area (Å²) in [4.78, 5) is 43.5. The number of aryl methyl sites for hydroxylation is 1. The zero-order valence-corrected chi connectivity index (χ0v) is 22.6. The van der Waals surface area contributed by atoms with Crippen LogP contribution in [-0.2, 0) is 11.3 Å². The first kappa shape index (κ1) is 26.9. The van der Waals surface area contributed by atoms with Gasteiger partial charge >= 0.3 is 5.97 Å². The fraction of sp³-hybridized carbons (Fsp3) is 0.370. The Labute approximate surface area is 230 Å². The lowest BCUT2D eigenvalue weighted by Gasteiger charge is -2.31. The third kappa shape index (κ3) is 5.69. The SMILES string of the molecule is Cc1ncc(C(=O)NCCN2CCCC2(C)C)cc1NC(=O)c1nnc2cc(-c3cnn(CC(=O)O)c3)ccn12. The van der Waals surface area contributed by atoms with E-state index >= 15 is 0 Å². The second-order valence-corrected chi connectivity index (χ2v) is 10.5. The van der Waals surface area contributed by atoms with E-state index in [-0.39, 0.29) is 23.8 Å². The first-order chi connectivity index (χ1) is 19.1. The van der Waals surface area contributed by atoms with Crippen molar-refractivity contribution >= 4 is 29.1 Å². The van der Waals surface area contributed by atoms with Crippen molar-refractivity contribution < 1.29 is 19.5 Å². The van der Waals surface area contributed by atoms with Crippen LogP contribution >= 0.6 is 0 Å². The van der Waals surface area contributed by atoms with Gasteiger partial charge in [0.15, 0.2) is 5.65 Å². The summed E-state index contributed by atoms with van der Waals surface area (Å²) in [5.41, 5.74) is 3.33. The van der Waals surface area contributed by atoms with Crippen LogP contribution in [0.1, 0.15) is 53.4 Å². The summed E-state index contributed by atoms with van der Waals surface area (Å²) in [5, 5.41) is 26.9. The molecule has 0 unspecified atom stereocenters. The van der Waals surface area contributed by atoms with E-state index in [1.165, 1.54) is 10.9 Å². The number of anilines is 1. The second kappa shape index (κ2) is 10.8. The maximum Gasteiger partial charge on any atom is 0.325 e. The Kier molecular flexibility index (Phi) is 7.30. The smallest absolute Gasteiger partial charge is 0.325 e. The van der Waals surface area contributed by atoms with Crippen molar-refractivity contribution in [2.45, 2.75) is 45.7 Å². The molecule has 0 aromatic carbocycles. The van der Waals surface area contributed by atoms with E-state index in [2.05, 4.69) is 49.7 Å². The van der Waals surface area contributed by atoms with Crippen LogP contribution in [-0.4, -0.2) is 82.3 Å². The fourth-order valence-electron chi connectivity index (χ4n) is 4.91. The molecule has 40 heavy (non-hydrogen) atoms. The molecule has 0 bridgehead atoms. The van der Waals surface area contributed by atoms with Crippen LogP contribution in [0.2, 0.25) is 0 Å². The van der Waals surface area contributed by atoms with Crippen LogP contribution in [0.3, 0.4) is 0 Å². The topological polar surface area (TPSA) is 160 Å². The molecule has 13 heteroatoms. The van der Waals surface area contributed by atoms with Gasteiger partial charge in [-0.2, -0.15) is 5.10 Å². The number of aliphatic carboxylic acids is 1. The van der Waals surface area contributed by atoms with E-state index in [0.717, 1.165) is 31.5 Å². The number of hydrogen-bond acceptors (Lipinski definition) is 8. The van der Waals surface area contributed by atoms with E-state index in [1.54, 1.807) is 48.1 Å².